The van der Waals surface area contributed by atoms with Crippen molar-refractivity contribution in [2.45, 2.75) is 57.8 Å². The van der Waals surface area contributed by atoms with Crippen LogP contribution in [0.2, 0.25) is 0 Å². The van der Waals surface area contributed by atoms with Crippen molar-refractivity contribution in [3.8, 4) is 0 Å². The summed E-state index contributed by atoms with van der Waals surface area (Å²) in [7, 11) is 1.30. The highest BCUT2D eigenvalue weighted by molar-refractivity contribution is 5.82. The number of likely N-dealkylation sites (tertiary alicyclic amines) is 1. The van der Waals surface area contributed by atoms with Crippen molar-refractivity contribution < 1.29 is 23.5 Å². The highest BCUT2D eigenvalue weighted by Crippen LogP contribution is 2.24. The molecule has 0 saturated carbocycles. The van der Waals surface area contributed by atoms with E-state index in [0.717, 1.165) is 5.56 Å². The Kier molecular flexibility index (Phi) is 6.23. The fraction of sp³-hybridized carbons (Fsp3) is 0.579. The minimum absolute atomic E-state index is 0.0579. The summed E-state index contributed by atoms with van der Waals surface area (Å²) in [5.41, 5.74) is 0.279. The predicted molar refractivity (Wildman–Crippen MR) is 95.1 cm³/mol. The molecule has 1 heterocycles. The Bertz CT molecular complexity index is 642. The third-order valence-corrected chi connectivity index (χ3v) is 4.26. The quantitative estimate of drug-likeness (QED) is 0.830. The number of nitrogens with zero attached hydrogens (tertiary/aromatic N) is 1. The first-order chi connectivity index (χ1) is 12.1. The third kappa shape index (κ3) is 5.17. The molecule has 0 aliphatic carbocycles. The van der Waals surface area contributed by atoms with E-state index >= 15 is 0 Å². The topological polar surface area (TPSA) is 67.9 Å². The van der Waals surface area contributed by atoms with E-state index in [2.05, 4.69) is 5.32 Å². The van der Waals surface area contributed by atoms with E-state index in [0.29, 0.717) is 13.0 Å². The van der Waals surface area contributed by atoms with E-state index in [1.54, 1.807) is 32.9 Å². The van der Waals surface area contributed by atoms with Gasteiger partial charge in [0.25, 0.3) is 0 Å². The molecule has 1 fully saturated rings. The van der Waals surface area contributed by atoms with Crippen LogP contribution in [0, 0.1) is 5.82 Å². The molecule has 0 unspecified atom stereocenters. The zero-order valence-electron chi connectivity index (χ0n) is 15.9. The van der Waals surface area contributed by atoms with Gasteiger partial charge in [0.1, 0.15) is 17.5 Å². The van der Waals surface area contributed by atoms with Crippen molar-refractivity contribution in [1.29, 1.82) is 0 Å². The molecule has 0 spiro atoms. The summed E-state index contributed by atoms with van der Waals surface area (Å²) in [5, 5.41) is 3.39. The third-order valence-electron chi connectivity index (χ3n) is 4.26. The van der Waals surface area contributed by atoms with Gasteiger partial charge in [-0.25, -0.2) is 14.0 Å². The van der Waals surface area contributed by atoms with Crippen LogP contribution in [0.1, 0.15) is 45.7 Å². The van der Waals surface area contributed by atoms with Gasteiger partial charge in [-0.15, -0.1) is 0 Å². The van der Waals surface area contributed by atoms with Crippen molar-refractivity contribution >= 4 is 12.1 Å². The summed E-state index contributed by atoms with van der Waals surface area (Å²) in [4.78, 5) is 26.0. The molecule has 1 amide bonds. The first kappa shape index (κ1) is 20.2. The number of nitrogens with one attached hydrogen (secondary N) is 1. The van der Waals surface area contributed by atoms with Crippen LogP contribution in [0.3, 0.4) is 0 Å². The Balaban J connectivity index is 2.07. The smallest absolute Gasteiger partial charge is 0.411 e. The van der Waals surface area contributed by atoms with Crippen LogP contribution in [0.5, 0.6) is 0 Å². The summed E-state index contributed by atoms with van der Waals surface area (Å²) >= 11 is 0. The Morgan fingerprint density at radius 3 is 2.42 bits per heavy atom. The molecule has 0 radical (unpaired) electrons. The highest BCUT2D eigenvalue weighted by Gasteiger charge is 2.42. The van der Waals surface area contributed by atoms with Gasteiger partial charge in [-0.3, -0.25) is 4.90 Å². The molecule has 6 nitrogen and oxygen atoms in total. The molecule has 2 rings (SSSR count). The number of carbonyl (C=O) groups is 2. The molecule has 3 atom stereocenters. The van der Waals surface area contributed by atoms with Gasteiger partial charge in [-0.1, -0.05) is 12.1 Å². The lowest BCUT2D eigenvalue weighted by Crippen LogP contribution is -2.44. The number of carbonyl (C=O) groups excluding carboxylic acids is 2. The number of halogens is 1. The Labute approximate surface area is 153 Å². The Hall–Kier alpha value is -2.15. The number of methoxy groups -OCH3 is 1. The van der Waals surface area contributed by atoms with Crippen LogP contribution in [0.4, 0.5) is 9.18 Å². The fourth-order valence-electron chi connectivity index (χ4n) is 3.04. The van der Waals surface area contributed by atoms with Crippen LogP contribution in [-0.4, -0.2) is 48.3 Å². The lowest BCUT2D eigenvalue weighted by molar-refractivity contribution is -0.145. The summed E-state index contributed by atoms with van der Waals surface area (Å²) in [6.45, 7) is 7.62. The van der Waals surface area contributed by atoms with Gasteiger partial charge in [0.05, 0.1) is 7.11 Å². The molecule has 1 N–H and O–H groups in total. The molecule has 0 bridgehead atoms. The SMILES string of the molecule is COC(=O)[C@@H]1C[C@H](N[C@@H](C)c2ccc(F)cc2)CN1C(=O)OC(C)(C)C. The number of ether oxygens (including phenoxy) is 2. The summed E-state index contributed by atoms with van der Waals surface area (Å²) in [5.74, 6) is -0.752. The van der Waals surface area contributed by atoms with E-state index in [-0.39, 0.29) is 17.9 Å². The van der Waals surface area contributed by atoms with E-state index in [1.807, 2.05) is 6.92 Å². The maximum absolute atomic E-state index is 13.1. The number of hydrogen-bond donors (Lipinski definition) is 1. The molecule has 1 aliphatic rings. The molecular weight excluding hydrogens is 339 g/mol. The zero-order valence-corrected chi connectivity index (χ0v) is 15.9. The van der Waals surface area contributed by atoms with Crippen LogP contribution in [0.15, 0.2) is 24.3 Å². The minimum Gasteiger partial charge on any atom is -0.467 e. The number of benzene rings is 1. The average Bonchev–Trinajstić information content (AvgIpc) is 2.97. The molecule has 1 aliphatic heterocycles. The molecule has 1 aromatic rings. The second kappa shape index (κ2) is 8.03. The second-order valence-electron chi connectivity index (χ2n) is 7.54. The van der Waals surface area contributed by atoms with Gasteiger partial charge >= 0.3 is 12.1 Å². The van der Waals surface area contributed by atoms with Gasteiger partial charge in [-0.2, -0.15) is 0 Å². The van der Waals surface area contributed by atoms with Crippen molar-refractivity contribution in [3.63, 3.8) is 0 Å². The van der Waals surface area contributed by atoms with Crippen LogP contribution in [0.25, 0.3) is 0 Å². The normalized spacial score (nSPS) is 21.4. The second-order valence-corrected chi connectivity index (χ2v) is 7.54. The molecule has 26 heavy (non-hydrogen) atoms. The van der Waals surface area contributed by atoms with E-state index in [1.165, 1.54) is 24.1 Å². The van der Waals surface area contributed by atoms with E-state index in [4.69, 9.17) is 9.47 Å². The van der Waals surface area contributed by atoms with Gasteiger partial charge in [0.2, 0.25) is 0 Å². The average molecular weight is 366 g/mol. The first-order valence-corrected chi connectivity index (χ1v) is 8.69. The fourth-order valence-corrected chi connectivity index (χ4v) is 3.04. The lowest BCUT2D eigenvalue weighted by atomic mass is 10.1. The van der Waals surface area contributed by atoms with Gasteiger partial charge in [0, 0.05) is 18.6 Å². The predicted octanol–water partition coefficient (Wildman–Crippen LogP) is 3.03. The van der Waals surface area contributed by atoms with E-state index < -0.39 is 23.7 Å². The molecular formula is C19H27FN2O4. The molecule has 144 valence electrons. The summed E-state index contributed by atoms with van der Waals surface area (Å²) < 4.78 is 23.3. The van der Waals surface area contributed by atoms with Gasteiger partial charge < -0.3 is 14.8 Å². The van der Waals surface area contributed by atoms with Crippen molar-refractivity contribution in [3.05, 3.63) is 35.6 Å². The first-order valence-electron chi connectivity index (χ1n) is 8.69. The Morgan fingerprint density at radius 2 is 1.88 bits per heavy atom. The van der Waals surface area contributed by atoms with Gasteiger partial charge in [0.15, 0.2) is 0 Å². The van der Waals surface area contributed by atoms with Crippen LogP contribution < -0.4 is 5.32 Å². The van der Waals surface area contributed by atoms with Crippen LogP contribution in [-0.2, 0) is 14.3 Å². The molecule has 1 saturated heterocycles. The number of hydrogen-bond acceptors (Lipinski definition) is 5. The molecule has 7 heteroatoms. The van der Waals surface area contributed by atoms with Crippen molar-refractivity contribution in [1.82, 2.24) is 10.2 Å². The molecule has 1 aromatic carbocycles. The molecule has 0 aromatic heterocycles. The van der Waals surface area contributed by atoms with Crippen molar-refractivity contribution in [2.24, 2.45) is 0 Å². The maximum atomic E-state index is 13.1. The summed E-state index contributed by atoms with van der Waals surface area (Å²) in [6.07, 6.45) is -0.107. The van der Waals surface area contributed by atoms with E-state index in [9.17, 15) is 14.0 Å². The number of rotatable bonds is 4. The highest BCUT2D eigenvalue weighted by atomic mass is 19.1. The zero-order chi connectivity index (χ0) is 19.5. The lowest BCUT2D eigenvalue weighted by Gasteiger charge is -2.27. The monoisotopic (exact) mass is 366 g/mol. The van der Waals surface area contributed by atoms with Crippen molar-refractivity contribution in [2.75, 3.05) is 13.7 Å². The summed E-state index contributed by atoms with van der Waals surface area (Å²) in [6, 6.07) is 5.40. The minimum atomic E-state index is -0.687. The Morgan fingerprint density at radius 1 is 1.27 bits per heavy atom. The number of esters is 1. The van der Waals surface area contributed by atoms with Gasteiger partial charge in [-0.05, 0) is 51.8 Å². The number of amides is 1. The van der Waals surface area contributed by atoms with Crippen LogP contribution >= 0.6 is 0 Å². The standard InChI is InChI=1S/C19H27FN2O4/c1-12(13-6-8-14(20)9-7-13)21-15-10-16(17(23)25-5)22(11-15)18(24)26-19(2,3)4/h6-9,12,15-16,21H,10-11H2,1-5H3/t12-,15-,16-/m0/s1. The maximum Gasteiger partial charge on any atom is 0.411 e. The largest absolute Gasteiger partial charge is 0.467 e.